The van der Waals surface area contributed by atoms with Gasteiger partial charge in [-0.15, -0.1) is 0 Å². The van der Waals surface area contributed by atoms with Crippen LogP contribution in [-0.4, -0.2) is 0 Å². The van der Waals surface area contributed by atoms with Crippen molar-refractivity contribution >= 4 is 7.82 Å². The second-order valence-corrected chi connectivity index (χ2v) is 7.60. The quantitative estimate of drug-likeness (QED) is 0.319. The Morgan fingerprint density at radius 2 is 0.741 bits per heavy atom. The fraction of sp³-hybridized carbons (Fsp3) is 0.143. The molecule has 0 spiro atoms. The van der Waals surface area contributed by atoms with Gasteiger partial charge >= 0.3 is 7.82 Å². The molecule has 4 nitrogen and oxygen atoms in total. The Hall–Kier alpha value is -2.02. The molecule has 0 bridgehead atoms. The summed E-state index contributed by atoms with van der Waals surface area (Å²) in [6, 6.07) is 21.6. The van der Waals surface area contributed by atoms with Crippen molar-refractivity contribution in [3.05, 3.63) is 89.5 Å². The molecule has 0 aliphatic heterocycles. The van der Waals surface area contributed by atoms with Gasteiger partial charge in [-0.2, -0.15) is 4.57 Å². The van der Waals surface area contributed by atoms with Gasteiger partial charge in [-0.3, -0.25) is 0 Å². The van der Waals surface area contributed by atoms with Gasteiger partial charge in [-0.1, -0.05) is 53.1 Å². The van der Waals surface area contributed by atoms with Gasteiger partial charge in [-0.05, 0) is 57.2 Å². The van der Waals surface area contributed by atoms with Crippen molar-refractivity contribution in [2.45, 2.75) is 20.8 Å². The van der Waals surface area contributed by atoms with E-state index in [1.807, 2.05) is 57.2 Å². The van der Waals surface area contributed by atoms with Crippen molar-refractivity contribution in [3.8, 4) is 17.2 Å². The molecular formula is C21H21MoO4P. The van der Waals surface area contributed by atoms with Gasteiger partial charge < -0.3 is 13.6 Å². The maximum atomic E-state index is 13.3. The third-order valence-electron chi connectivity index (χ3n) is 3.71. The van der Waals surface area contributed by atoms with Crippen LogP contribution in [0.1, 0.15) is 16.7 Å². The van der Waals surface area contributed by atoms with Crippen LogP contribution in [0.3, 0.4) is 0 Å². The molecule has 0 amide bonds. The molecule has 0 heterocycles. The minimum Gasteiger partial charge on any atom is -0.386 e. The van der Waals surface area contributed by atoms with Crippen LogP contribution in [0.4, 0.5) is 0 Å². The Kier molecular flexibility index (Phi) is 7.30. The normalized spacial score (nSPS) is 10.6. The van der Waals surface area contributed by atoms with Gasteiger partial charge in [0, 0.05) is 21.1 Å². The predicted octanol–water partition coefficient (Wildman–Crippen LogP) is 6.25. The Bertz CT molecular complexity index is 784. The first-order valence-corrected chi connectivity index (χ1v) is 9.77. The van der Waals surface area contributed by atoms with E-state index in [1.54, 1.807) is 36.4 Å². The van der Waals surface area contributed by atoms with E-state index < -0.39 is 7.82 Å². The largest absolute Gasteiger partial charge is 0.647 e. The van der Waals surface area contributed by atoms with Crippen LogP contribution in [0, 0.1) is 20.8 Å². The molecule has 3 aromatic carbocycles. The summed E-state index contributed by atoms with van der Waals surface area (Å²) in [6.45, 7) is 5.90. The first kappa shape index (κ1) is 21.3. The minimum absolute atomic E-state index is 0. The summed E-state index contributed by atoms with van der Waals surface area (Å²) in [6.07, 6.45) is 0. The van der Waals surface area contributed by atoms with Crippen molar-refractivity contribution in [2.24, 2.45) is 0 Å². The van der Waals surface area contributed by atoms with Gasteiger partial charge in [0.2, 0.25) is 0 Å². The number of benzene rings is 3. The van der Waals surface area contributed by atoms with Crippen molar-refractivity contribution in [1.29, 1.82) is 0 Å². The molecule has 27 heavy (non-hydrogen) atoms. The zero-order valence-corrected chi connectivity index (χ0v) is 18.3. The molecule has 0 N–H and O–H groups in total. The summed E-state index contributed by atoms with van der Waals surface area (Å²) >= 11 is 0. The zero-order valence-electron chi connectivity index (χ0n) is 15.4. The molecule has 0 aliphatic rings. The smallest absolute Gasteiger partial charge is 0.386 e. The molecule has 0 radical (unpaired) electrons. The van der Waals surface area contributed by atoms with Gasteiger partial charge in [0.15, 0.2) is 0 Å². The first-order chi connectivity index (χ1) is 12.4. The van der Waals surface area contributed by atoms with E-state index >= 15 is 0 Å². The standard InChI is InChI=1S/C21H21O4P.Mo/c1-16-4-10-19(11-5-16)23-26(22,24-20-12-6-17(2)7-13-20)25-21-14-8-18(3)9-15-21;/h4-15H,1-3H3;. The number of phosphoric ester groups is 1. The van der Waals surface area contributed by atoms with E-state index in [0.29, 0.717) is 17.2 Å². The fourth-order valence-electron chi connectivity index (χ4n) is 2.24. The van der Waals surface area contributed by atoms with Gasteiger partial charge in [-0.25, -0.2) is 0 Å². The summed E-state index contributed by atoms with van der Waals surface area (Å²) < 4.78 is 30.2. The van der Waals surface area contributed by atoms with Crippen molar-refractivity contribution in [2.75, 3.05) is 0 Å². The van der Waals surface area contributed by atoms with Gasteiger partial charge in [0.1, 0.15) is 17.2 Å². The van der Waals surface area contributed by atoms with Crippen LogP contribution in [-0.2, 0) is 25.6 Å². The Morgan fingerprint density at radius 3 is 0.963 bits per heavy atom. The Morgan fingerprint density at radius 1 is 0.519 bits per heavy atom. The van der Waals surface area contributed by atoms with E-state index in [4.69, 9.17) is 13.6 Å². The number of hydrogen-bond donors (Lipinski definition) is 0. The molecule has 0 saturated carbocycles. The number of hydrogen-bond acceptors (Lipinski definition) is 4. The fourth-order valence-corrected chi connectivity index (χ4v) is 3.49. The second kappa shape index (κ2) is 9.26. The molecule has 0 atom stereocenters. The molecule has 0 unspecified atom stereocenters. The number of aryl methyl sites for hydroxylation is 3. The summed E-state index contributed by atoms with van der Waals surface area (Å²) in [4.78, 5) is 0. The van der Waals surface area contributed by atoms with Crippen LogP contribution in [0.5, 0.6) is 17.2 Å². The average molecular weight is 464 g/mol. The van der Waals surface area contributed by atoms with E-state index in [-0.39, 0.29) is 21.1 Å². The molecule has 6 heteroatoms. The minimum atomic E-state index is -3.93. The van der Waals surface area contributed by atoms with Crippen LogP contribution >= 0.6 is 7.82 Å². The molecule has 0 aromatic heterocycles. The second-order valence-electron chi connectivity index (χ2n) is 6.16. The summed E-state index contributed by atoms with van der Waals surface area (Å²) in [7, 11) is -3.93. The third kappa shape index (κ3) is 6.27. The van der Waals surface area contributed by atoms with Crippen LogP contribution < -0.4 is 13.6 Å². The summed E-state index contributed by atoms with van der Waals surface area (Å²) in [5.41, 5.74) is 3.23. The molecule has 0 aliphatic carbocycles. The predicted molar refractivity (Wildman–Crippen MR) is 103 cm³/mol. The first-order valence-electron chi connectivity index (χ1n) is 8.31. The van der Waals surface area contributed by atoms with Gasteiger partial charge in [0.25, 0.3) is 0 Å². The molecule has 3 aromatic rings. The van der Waals surface area contributed by atoms with Crippen LogP contribution in [0.15, 0.2) is 72.8 Å². The third-order valence-corrected chi connectivity index (χ3v) is 5.02. The molecule has 0 fully saturated rings. The van der Waals surface area contributed by atoms with E-state index in [1.165, 1.54) is 0 Å². The monoisotopic (exact) mass is 466 g/mol. The van der Waals surface area contributed by atoms with Crippen LogP contribution in [0.25, 0.3) is 0 Å². The molecule has 140 valence electrons. The van der Waals surface area contributed by atoms with Crippen molar-refractivity contribution in [3.63, 3.8) is 0 Å². The van der Waals surface area contributed by atoms with Crippen LogP contribution in [0.2, 0.25) is 0 Å². The SMILES string of the molecule is Cc1ccc(OP(=O)(Oc2ccc(C)cc2)Oc2ccc(C)cc2)cc1.[Mo]. The van der Waals surface area contributed by atoms with E-state index in [0.717, 1.165) is 16.7 Å². The molecule has 0 saturated heterocycles. The number of rotatable bonds is 6. The molecule has 3 rings (SSSR count). The topological polar surface area (TPSA) is 44.8 Å². The Balaban J connectivity index is 0.00000261. The average Bonchev–Trinajstić information content (AvgIpc) is 2.61. The summed E-state index contributed by atoms with van der Waals surface area (Å²) in [5.74, 6) is 1.24. The Labute approximate surface area is 174 Å². The van der Waals surface area contributed by atoms with Crippen molar-refractivity contribution < 1.29 is 39.2 Å². The maximum absolute atomic E-state index is 13.3. The maximum Gasteiger partial charge on any atom is 0.647 e. The van der Waals surface area contributed by atoms with E-state index in [9.17, 15) is 4.57 Å². The molecular weight excluding hydrogens is 443 g/mol. The summed E-state index contributed by atoms with van der Waals surface area (Å²) in [5, 5.41) is 0. The number of phosphoric acid groups is 1. The van der Waals surface area contributed by atoms with Gasteiger partial charge in [0.05, 0.1) is 0 Å². The zero-order chi connectivity index (χ0) is 18.6. The van der Waals surface area contributed by atoms with Crippen molar-refractivity contribution in [1.82, 2.24) is 0 Å². The van der Waals surface area contributed by atoms with E-state index in [2.05, 4.69) is 0 Å².